The van der Waals surface area contributed by atoms with Gasteiger partial charge < -0.3 is 23.7 Å². The number of ether oxygens (including phenoxy) is 2. The summed E-state index contributed by atoms with van der Waals surface area (Å²) in [6, 6.07) is 21.1. The number of benzene rings is 3. The van der Waals surface area contributed by atoms with Gasteiger partial charge in [0.15, 0.2) is 11.6 Å². The number of aromatic nitrogens is 3. The van der Waals surface area contributed by atoms with Crippen LogP contribution in [0.25, 0.3) is 22.4 Å². The van der Waals surface area contributed by atoms with Gasteiger partial charge in [0, 0.05) is 17.1 Å². The molecule has 0 aliphatic heterocycles. The number of nitrogens with zero attached hydrogens (tertiary/aromatic N) is 3. The molecule has 0 radical (unpaired) electrons. The highest BCUT2D eigenvalue weighted by molar-refractivity contribution is 6.00. The number of hydrogen-bond donors (Lipinski definition) is 1. The number of hydrogen-bond acceptors (Lipinski definition) is 7. The molecule has 0 aliphatic carbocycles. The zero-order valence-corrected chi connectivity index (χ0v) is 19.2. The summed E-state index contributed by atoms with van der Waals surface area (Å²) in [5.74, 6) is 1.39. The molecule has 0 saturated heterocycles. The van der Waals surface area contributed by atoms with Crippen LogP contribution < -0.4 is 9.47 Å². The van der Waals surface area contributed by atoms with E-state index in [1.165, 1.54) is 12.1 Å². The summed E-state index contributed by atoms with van der Waals surface area (Å²) >= 11 is 0. The number of Topliss-reactive ketones (excluding diaryl/α,β-unsaturated/α-hetero) is 1. The number of ketones is 1. The number of para-hydroxylation sites is 1. The molecule has 36 heavy (non-hydrogen) atoms. The molecule has 3 aromatic carbocycles. The molecular weight excluding hydrogens is 462 g/mol. The Morgan fingerprint density at radius 1 is 0.972 bits per heavy atom. The maximum Gasteiger partial charge on any atom is 0.335 e. The van der Waals surface area contributed by atoms with Crippen LogP contribution in [0.15, 0.2) is 83.5 Å². The maximum atomic E-state index is 12.7. The monoisotopic (exact) mass is 483 g/mol. The van der Waals surface area contributed by atoms with Crippen LogP contribution in [0.5, 0.6) is 17.2 Å². The summed E-state index contributed by atoms with van der Waals surface area (Å²) in [7, 11) is 0. The van der Waals surface area contributed by atoms with Gasteiger partial charge in [0.1, 0.15) is 23.9 Å². The minimum Gasteiger partial charge on any atom is -0.486 e. The van der Waals surface area contributed by atoms with Crippen LogP contribution in [0.4, 0.5) is 0 Å². The van der Waals surface area contributed by atoms with Crippen LogP contribution in [0.1, 0.15) is 16.2 Å². The van der Waals surface area contributed by atoms with Crippen LogP contribution in [-0.2, 0) is 11.3 Å². The van der Waals surface area contributed by atoms with Crippen molar-refractivity contribution in [1.29, 1.82) is 0 Å². The second kappa shape index (κ2) is 9.75. The van der Waals surface area contributed by atoms with E-state index >= 15 is 0 Å². The fraction of sp³-hybridized carbons (Fsp3) is 0.111. The van der Waals surface area contributed by atoms with Crippen molar-refractivity contribution in [1.82, 2.24) is 14.7 Å². The zero-order valence-electron chi connectivity index (χ0n) is 19.2. The third-order valence-electron chi connectivity index (χ3n) is 5.44. The van der Waals surface area contributed by atoms with E-state index < -0.39 is 5.97 Å². The van der Waals surface area contributed by atoms with E-state index in [0.29, 0.717) is 33.8 Å². The summed E-state index contributed by atoms with van der Waals surface area (Å²) in [5.41, 5.74) is 1.34. The first-order chi connectivity index (χ1) is 17.5. The average Bonchev–Trinajstić information content (AvgIpc) is 3.47. The molecule has 0 aliphatic rings. The Labute approximate surface area is 205 Å². The molecular formula is C27H21N3O6. The van der Waals surface area contributed by atoms with Crippen molar-refractivity contribution in [2.45, 2.75) is 13.5 Å². The highest BCUT2D eigenvalue weighted by Crippen LogP contribution is 2.31. The SMILES string of the molecule is Cc1noc(-c2cn(CC(=O)COc3ccc(Oc4ccccc4)cc3)c3ccc(C(=O)O)cc23)n1. The first kappa shape index (κ1) is 22.9. The number of rotatable bonds is 9. The summed E-state index contributed by atoms with van der Waals surface area (Å²) in [6.45, 7) is 1.57. The van der Waals surface area contributed by atoms with Crippen molar-refractivity contribution in [2.24, 2.45) is 0 Å². The Kier molecular flexibility index (Phi) is 6.19. The largest absolute Gasteiger partial charge is 0.486 e. The number of carboxylic acids is 1. The predicted molar refractivity (Wildman–Crippen MR) is 130 cm³/mol. The smallest absolute Gasteiger partial charge is 0.335 e. The number of fused-ring (bicyclic) bond motifs is 1. The molecule has 0 spiro atoms. The van der Waals surface area contributed by atoms with Gasteiger partial charge in [-0.1, -0.05) is 23.4 Å². The highest BCUT2D eigenvalue weighted by Gasteiger charge is 2.18. The number of aryl methyl sites for hydroxylation is 1. The minimum atomic E-state index is -1.05. The predicted octanol–water partition coefficient (Wildman–Crippen LogP) is 5.14. The van der Waals surface area contributed by atoms with Crippen LogP contribution >= 0.6 is 0 Å². The summed E-state index contributed by atoms with van der Waals surface area (Å²) in [6.07, 6.45) is 1.71. The number of carboxylic acid groups (broad SMARTS) is 1. The average molecular weight is 483 g/mol. The second-order valence-corrected chi connectivity index (χ2v) is 8.07. The Bertz CT molecular complexity index is 1540. The van der Waals surface area contributed by atoms with E-state index in [0.717, 1.165) is 5.75 Å². The normalized spacial score (nSPS) is 10.9. The molecule has 0 saturated carbocycles. The van der Waals surface area contributed by atoms with Gasteiger partial charge >= 0.3 is 5.97 Å². The lowest BCUT2D eigenvalue weighted by Gasteiger charge is -2.09. The minimum absolute atomic E-state index is 0.0191. The summed E-state index contributed by atoms with van der Waals surface area (Å²) in [4.78, 5) is 28.5. The van der Waals surface area contributed by atoms with E-state index in [4.69, 9.17) is 14.0 Å². The Balaban J connectivity index is 1.29. The van der Waals surface area contributed by atoms with Crippen LogP contribution in [0.3, 0.4) is 0 Å². The third kappa shape index (κ3) is 4.95. The van der Waals surface area contributed by atoms with Crippen molar-refractivity contribution in [3.05, 3.63) is 90.4 Å². The van der Waals surface area contributed by atoms with Gasteiger partial charge in [-0.2, -0.15) is 4.98 Å². The van der Waals surface area contributed by atoms with Gasteiger partial charge in [0.2, 0.25) is 0 Å². The van der Waals surface area contributed by atoms with Gasteiger partial charge in [-0.3, -0.25) is 4.79 Å². The van der Waals surface area contributed by atoms with E-state index in [1.807, 2.05) is 30.3 Å². The second-order valence-electron chi connectivity index (χ2n) is 8.07. The van der Waals surface area contributed by atoms with E-state index in [-0.39, 0.29) is 30.4 Å². The van der Waals surface area contributed by atoms with Crippen molar-refractivity contribution < 1.29 is 28.7 Å². The van der Waals surface area contributed by atoms with Gasteiger partial charge in [0.25, 0.3) is 5.89 Å². The molecule has 2 aromatic heterocycles. The molecule has 9 nitrogen and oxygen atoms in total. The lowest BCUT2D eigenvalue weighted by atomic mass is 10.1. The first-order valence-corrected chi connectivity index (χ1v) is 11.1. The first-order valence-electron chi connectivity index (χ1n) is 11.1. The van der Waals surface area contributed by atoms with E-state index in [1.54, 1.807) is 48.0 Å². The number of carbonyl (C=O) groups is 2. The molecule has 1 N–H and O–H groups in total. The van der Waals surface area contributed by atoms with E-state index in [2.05, 4.69) is 10.1 Å². The van der Waals surface area contributed by atoms with Gasteiger partial charge in [-0.25, -0.2) is 4.79 Å². The van der Waals surface area contributed by atoms with Crippen LogP contribution in [-0.4, -0.2) is 38.2 Å². The Morgan fingerprint density at radius 2 is 1.69 bits per heavy atom. The van der Waals surface area contributed by atoms with Gasteiger partial charge in [-0.05, 0) is 61.5 Å². The Hall–Kier alpha value is -4.92. The lowest BCUT2D eigenvalue weighted by Crippen LogP contribution is -2.17. The zero-order chi connectivity index (χ0) is 25.1. The van der Waals surface area contributed by atoms with Crippen LogP contribution in [0, 0.1) is 6.92 Å². The van der Waals surface area contributed by atoms with E-state index in [9.17, 15) is 14.7 Å². The van der Waals surface area contributed by atoms with Crippen molar-refractivity contribution in [3.63, 3.8) is 0 Å². The Morgan fingerprint density at radius 3 is 2.39 bits per heavy atom. The molecule has 0 amide bonds. The highest BCUT2D eigenvalue weighted by atomic mass is 16.5. The molecule has 9 heteroatoms. The quantitative estimate of drug-likeness (QED) is 0.306. The standard InChI is InChI=1S/C27H21N3O6/c1-17-28-26(36-29-17)24-15-30(25-12-7-18(27(32)33)13-23(24)25)14-19(31)16-34-20-8-10-22(11-9-20)35-21-5-3-2-4-6-21/h2-13,15H,14,16H2,1H3,(H,32,33). The molecule has 5 aromatic rings. The maximum absolute atomic E-state index is 12.7. The van der Waals surface area contributed by atoms with Crippen molar-refractivity contribution >= 4 is 22.7 Å². The topological polar surface area (TPSA) is 117 Å². The fourth-order valence-electron chi connectivity index (χ4n) is 3.77. The molecule has 180 valence electrons. The van der Waals surface area contributed by atoms with Crippen molar-refractivity contribution in [3.8, 4) is 28.7 Å². The molecule has 0 fully saturated rings. The number of carbonyl (C=O) groups excluding carboxylic acids is 1. The summed E-state index contributed by atoms with van der Waals surface area (Å²) in [5, 5.41) is 13.8. The number of aromatic carboxylic acids is 1. The molecule has 0 unspecified atom stereocenters. The summed E-state index contributed by atoms with van der Waals surface area (Å²) < 4.78 is 18.4. The molecule has 0 bridgehead atoms. The van der Waals surface area contributed by atoms with Crippen molar-refractivity contribution in [2.75, 3.05) is 6.61 Å². The molecule has 0 atom stereocenters. The van der Waals surface area contributed by atoms with Gasteiger partial charge in [-0.15, -0.1) is 0 Å². The fourth-order valence-corrected chi connectivity index (χ4v) is 3.77. The molecule has 2 heterocycles. The van der Waals surface area contributed by atoms with Gasteiger partial charge in [0.05, 0.1) is 17.7 Å². The molecule has 5 rings (SSSR count). The third-order valence-corrected chi connectivity index (χ3v) is 5.44. The lowest BCUT2D eigenvalue weighted by molar-refractivity contribution is -0.121. The van der Waals surface area contributed by atoms with Crippen LogP contribution in [0.2, 0.25) is 0 Å².